The Kier molecular flexibility index (Phi) is 6.05. The van der Waals surface area contributed by atoms with E-state index in [1.807, 2.05) is 43.3 Å². The number of benzene rings is 1. The van der Waals surface area contributed by atoms with Crippen LogP contribution >= 0.6 is 0 Å². The monoisotopic (exact) mass is 369 g/mol. The van der Waals surface area contributed by atoms with Crippen molar-refractivity contribution in [3.05, 3.63) is 35.7 Å². The van der Waals surface area contributed by atoms with Gasteiger partial charge in [-0.1, -0.05) is 19.1 Å². The molecule has 2 aromatic rings. The second-order valence-electron chi connectivity index (χ2n) is 6.80. The maximum Gasteiger partial charge on any atom is 0.319 e. The zero-order valence-electron chi connectivity index (χ0n) is 16.2. The van der Waals surface area contributed by atoms with Crippen LogP contribution in [0.1, 0.15) is 31.2 Å². The minimum absolute atomic E-state index is 0.239. The zero-order chi connectivity index (χ0) is 19.2. The van der Waals surface area contributed by atoms with Crippen molar-refractivity contribution >= 4 is 23.6 Å². The highest BCUT2D eigenvalue weighted by molar-refractivity contribution is 5.89. The van der Waals surface area contributed by atoms with Crippen molar-refractivity contribution in [3.63, 3.8) is 0 Å². The molecule has 1 saturated heterocycles. The standard InChI is InChI=1S/C19H27N7O/c1-4-14-7-9-15(10-8-14)21-19(27)20-13-16-22-17(25(2)3)24-18(23-16)26-11-5-6-12-26/h7-10H,4-6,11-13H2,1-3H3,(H2,20,21,27). The Morgan fingerprint density at radius 1 is 1.11 bits per heavy atom. The number of hydrogen-bond acceptors (Lipinski definition) is 6. The molecule has 1 fully saturated rings. The summed E-state index contributed by atoms with van der Waals surface area (Å²) in [6.45, 7) is 4.25. The van der Waals surface area contributed by atoms with Crippen molar-refractivity contribution < 1.29 is 4.79 Å². The van der Waals surface area contributed by atoms with Crippen LogP contribution in [0.5, 0.6) is 0 Å². The Balaban J connectivity index is 1.64. The van der Waals surface area contributed by atoms with Crippen LogP contribution in [0.15, 0.2) is 24.3 Å². The van der Waals surface area contributed by atoms with Gasteiger partial charge in [0.1, 0.15) is 0 Å². The number of aromatic nitrogens is 3. The first kappa shape index (κ1) is 18.9. The van der Waals surface area contributed by atoms with Crippen molar-refractivity contribution in [2.24, 2.45) is 0 Å². The summed E-state index contributed by atoms with van der Waals surface area (Å²) in [4.78, 5) is 29.7. The number of urea groups is 1. The van der Waals surface area contributed by atoms with E-state index in [9.17, 15) is 4.79 Å². The van der Waals surface area contributed by atoms with Crippen molar-refractivity contribution in [1.82, 2.24) is 20.3 Å². The van der Waals surface area contributed by atoms with Crippen molar-refractivity contribution in [3.8, 4) is 0 Å². The first-order valence-corrected chi connectivity index (χ1v) is 9.36. The SMILES string of the molecule is CCc1ccc(NC(=O)NCc2nc(N(C)C)nc(N3CCCC3)n2)cc1. The third kappa shape index (κ3) is 5.06. The molecular weight excluding hydrogens is 342 g/mol. The van der Waals surface area contributed by atoms with Gasteiger partial charge in [-0.05, 0) is 37.0 Å². The van der Waals surface area contributed by atoms with E-state index < -0.39 is 0 Å². The van der Waals surface area contributed by atoms with Gasteiger partial charge in [-0.15, -0.1) is 0 Å². The maximum absolute atomic E-state index is 12.2. The molecule has 0 atom stereocenters. The number of rotatable bonds is 6. The van der Waals surface area contributed by atoms with Gasteiger partial charge >= 0.3 is 6.03 Å². The summed E-state index contributed by atoms with van der Waals surface area (Å²) in [6, 6.07) is 7.53. The van der Waals surface area contributed by atoms with Gasteiger partial charge in [-0.25, -0.2) is 4.79 Å². The first-order valence-electron chi connectivity index (χ1n) is 9.36. The van der Waals surface area contributed by atoms with Crippen LogP contribution in [0.25, 0.3) is 0 Å². The lowest BCUT2D eigenvalue weighted by molar-refractivity contribution is 0.251. The highest BCUT2D eigenvalue weighted by Gasteiger charge is 2.18. The number of carbonyl (C=O) groups is 1. The van der Waals surface area contributed by atoms with Crippen LogP contribution in [-0.4, -0.2) is 48.2 Å². The van der Waals surface area contributed by atoms with E-state index in [0.29, 0.717) is 17.7 Å². The summed E-state index contributed by atoms with van der Waals surface area (Å²) in [5, 5.41) is 5.65. The van der Waals surface area contributed by atoms with Gasteiger partial charge in [-0.2, -0.15) is 15.0 Å². The normalized spacial score (nSPS) is 13.5. The van der Waals surface area contributed by atoms with Crippen LogP contribution in [-0.2, 0) is 13.0 Å². The Morgan fingerprint density at radius 3 is 2.44 bits per heavy atom. The Hall–Kier alpha value is -2.90. The van der Waals surface area contributed by atoms with Gasteiger partial charge in [0.25, 0.3) is 0 Å². The molecule has 1 aromatic carbocycles. The van der Waals surface area contributed by atoms with Gasteiger partial charge in [-0.3, -0.25) is 0 Å². The minimum atomic E-state index is -0.284. The lowest BCUT2D eigenvalue weighted by atomic mass is 10.1. The predicted octanol–water partition coefficient (Wildman–Crippen LogP) is 2.42. The molecule has 8 nitrogen and oxygen atoms in total. The molecule has 0 unspecified atom stereocenters. The summed E-state index contributed by atoms with van der Waals surface area (Å²) >= 11 is 0. The molecule has 0 radical (unpaired) electrons. The van der Waals surface area contributed by atoms with E-state index in [2.05, 4.69) is 37.4 Å². The number of anilines is 3. The number of nitrogens with one attached hydrogen (secondary N) is 2. The third-order valence-corrected chi connectivity index (χ3v) is 4.47. The topological polar surface area (TPSA) is 86.3 Å². The molecule has 144 valence electrons. The number of carbonyl (C=O) groups excluding carboxylic acids is 1. The van der Waals surface area contributed by atoms with Gasteiger partial charge < -0.3 is 20.4 Å². The summed E-state index contributed by atoms with van der Waals surface area (Å²) in [5.41, 5.74) is 1.99. The number of aryl methyl sites for hydroxylation is 1. The zero-order valence-corrected chi connectivity index (χ0v) is 16.2. The summed E-state index contributed by atoms with van der Waals surface area (Å²) in [6.07, 6.45) is 3.27. The van der Waals surface area contributed by atoms with Crippen molar-refractivity contribution in [2.75, 3.05) is 42.3 Å². The fourth-order valence-corrected chi connectivity index (χ4v) is 2.89. The number of hydrogen-bond donors (Lipinski definition) is 2. The highest BCUT2D eigenvalue weighted by Crippen LogP contribution is 2.18. The van der Waals surface area contributed by atoms with Gasteiger partial charge in [0.05, 0.1) is 6.54 Å². The smallest absolute Gasteiger partial charge is 0.319 e. The van der Waals surface area contributed by atoms with Crippen molar-refractivity contribution in [2.45, 2.75) is 32.7 Å². The molecule has 3 rings (SSSR count). The maximum atomic E-state index is 12.2. The molecular formula is C19H27N7O. The average molecular weight is 369 g/mol. The largest absolute Gasteiger partial charge is 0.347 e. The Morgan fingerprint density at radius 2 is 1.81 bits per heavy atom. The average Bonchev–Trinajstić information content (AvgIpc) is 3.21. The molecule has 1 aromatic heterocycles. The molecule has 1 aliphatic heterocycles. The highest BCUT2D eigenvalue weighted by atomic mass is 16.2. The molecule has 0 saturated carbocycles. The second kappa shape index (κ2) is 8.66. The van der Waals surface area contributed by atoms with Crippen molar-refractivity contribution in [1.29, 1.82) is 0 Å². The molecule has 0 aliphatic carbocycles. The van der Waals surface area contributed by atoms with E-state index in [0.717, 1.165) is 38.0 Å². The van der Waals surface area contributed by atoms with E-state index in [4.69, 9.17) is 0 Å². The fraction of sp³-hybridized carbons (Fsp3) is 0.474. The van der Waals surface area contributed by atoms with E-state index in [1.165, 1.54) is 5.56 Å². The second-order valence-corrected chi connectivity index (χ2v) is 6.80. The van der Waals surface area contributed by atoms with Crippen LogP contribution in [0.4, 0.5) is 22.4 Å². The third-order valence-electron chi connectivity index (χ3n) is 4.47. The summed E-state index contributed by atoms with van der Waals surface area (Å²) in [5.74, 6) is 1.82. The fourth-order valence-electron chi connectivity index (χ4n) is 2.89. The molecule has 0 bridgehead atoms. The van der Waals surface area contributed by atoms with Gasteiger partial charge in [0.2, 0.25) is 11.9 Å². The molecule has 1 aliphatic rings. The van der Waals surface area contributed by atoms with Crippen LogP contribution in [0.3, 0.4) is 0 Å². The Bertz CT molecular complexity index is 770. The predicted molar refractivity (Wildman–Crippen MR) is 107 cm³/mol. The molecule has 2 heterocycles. The number of amides is 2. The lowest BCUT2D eigenvalue weighted by Crippen LogP contribution is -2.30. The van der Waals surface area contributed by atoms with Gasteiger partial charge in [0, 0.05) is 32.9 Å². The van der Waals surface area contributed by atoms with E-state index >= 15 is 0 Å². The molecule has 27 heavy (non-hydrogen) atoms. The first-order chi connectivity index (χ1) is 13.0. The molecule has 8 heteroatoms. The molecule has 2 amide bonds. The summed E-state index contributed by atoms with van der Waals surface area (Å²) in [7, 11) is 3.79. The van der Waals surface area contributed by atoms with Crippen LogP contribution in [0, 0.1) is 0 Å². The van der Waals surface area contributed by atoms with Gasteiger partial charge in [0.15, 0.2) is 5.82 Å². The molecule has 0 spiro atoms. The van der Waals surface area contributed by atoms with E-state index in [-0.39, 0.29) is 12.6 Å². The van der Waals surface area contributed by atoms with E-state index in [1.54, 1.807) is 0 Å². The van der Waals surface area contributed by atoms with Crippen LogP contribution < -0.4 is 20.4 Å². The van der Waals surface area contributed by atoms with Crippen LogP contribution in [0.2, 0.25) is 0 Å². The molecule has 2 N–H and O–H groups in total. The quantitative estimate of drug-likeness (QED) is 0.813. The summed E-state index contributed by atoms with van der Waals surface area (Å²) < 4.78 is 0. The number of nitrogens with zero attached hydrogens (tertiary/aromatic N) is 5. The lowest BCUT2D eigenvalue weighted by Gasteiger charge is -2.19. The minimum Gasteiger partial charge on any atom is -0.347 e. The Labute approximate surface area is 160 Å².